The molecule has 0 aromatic heterocycles. The molecule has 4 nitrogen and oxygen atoms in total. The second-order valence-corrected chi connectivity index (χ2v) is 6.26. The Morgan fingerprint density at radius 1 is 1.27 bits per heavy atom. The van der Waals surface area contributed by atoms with Crippen molar-refractivity contribution < 1.29 is 9.59 Å². The largest absolute Gasteiger partial charge is 0.344 e. The van der Waals surface area contributed by atoms with Crippen molar-refractivity contribution in [2.24, 2.45) is 5.92 Å². The van der Waals surface area contributed by atoms with Crippen molar-refractivity contribution in [3.05, 3.63) is 29.8 Å². The van der Waals surface area contributed by atoms with Crippen LogP contribution in [0.4, 0.5) is 5.69 Å². The molecule has 120 valence electrons. The number of hydrogen-bond acceptors (Lipinski definition) is 2. The molecule has 2 amide bonds. The van der Waals surface area contributed by atoms with Crippen molar-refractivity contribution >= 4 is 17.5 Å². The highest BCUT2D eigenvalue weighted by Crippen LogP contribution is 2.28. The van der Waals surface area contributed by atoms with Crippen molar-refractivity contribution in [1.29, 1.82) is 0 Å². The summed E-state index contributed by atoms with van der Waals surface area (Å²) in [4.78, 5) is 26.7. The van der Waals surface area contributed by atoms with E-state index in [1.807, 2.05) is 36.9 Å². The van der Waals surface area contributed by atoms with E-state index in [1.54, 1.807) is 0 Å². The molecule has 22 heavy (non-hydrogen) atoms. The van der Waals surface area contributed by atoms with Crippen LogP contribution in [-0.4, -0.2) is 24.4 Å². The van der Waals surface area contributed by atoms with Crippen LogP contribution in [0.2, 0.25) is 0 Å². The number of unbranched alkanes of at least 4 members (excludes halogenated alkanes) is 1. The maximum Gasteiger partial charge on any atom is 0.249 e. The minimum Gasteiger partial charge on any atom is -0.344 e. The molecule has 0 spiro atoms. The van der Waals surface area contributed by atoms with E-state index in [1.165, 1.54) is 5.56 Å². The van der Waals surface area contributed by atoms with Crippen molar-refractivity contribution in [3.63, 3.8) is 0 Å². The highest BCUT2D eigenvalue weighted by Gasteiger charge is 2.32. The van der Waals surface area contributed by atoms with Crippen molar-refractivity contribution in [2.45, 2.75) is 52.5 Å². The Bertz CT molecular complexity index is 540. The predicted molar refractivity (Wildman–Crippen MR) is 88.8 cm³/mol. The van der Waals surface area contributed by atoms with Gasteiger partial charge in [-0.1, -0.05) is 45.4 Å². The molecule has 1 aliphatic heterocycles. The van der Waals surface area contributed by atoms with E-state index in [-0.39, 0.29) is 17.7 Å². The van der Waals surface area contributed by atoms with Crippen LogP contribution in [-0.2, 0) is 16.0 Å². The van der Waals surface area contributed by atoms with Crippen LogP contribution in [0.3, 0.4) is 0 Å². The van der Waals surface area contributed by atoms with Gasteiger partial charge < -0.3 is 10.2 Å². The number of nitrogens with one attached hydrogen (secondary N) is 1. The Kier molecular flexibility index (Phi) is 5.58. The maximum atomic E-state index is 12.9. The van der Waals surface area contributed by atoms with Crippen LogP contribution in [0, 0.1) is 5.92 Å². The fraction of sp³-hybridized carbons (Fsp3) is 0.556. The summed E-state index contributed by atoms with van der Waals surface area (Å²) < 4.78 is 0. The van der Waals surface area contributed by atoms with Gasteiger partial charge in [0.25, 0.3) is 0 Å². The molecule has 1 heterocycles. The third kappa shape index (κ3) is 3.67. The van der Waals surface area contributed by atoms with Crippen molar-refractivity contribution in [3.8, 4) is 0 Å². The van der Waals surface area contributed by atoms with Gasteiger partial charge in [-0.25, -0.2) is 0 Å². The lowest BCUT2D eigenvalue weighted by atomic mass is 10.0. The lowest BCUT2D eigenvalue weighted by Crippen LogP contribution is -2.51. The van der Waals surface area contributed by atoms with Crippen LogP contribution in [0.5, 0.6) is 0 Å². The van der Waals surface area contributed by atoms with Crippen LogP contribution < -0.4 is 10.2 Å². The molecule has 0 fully saturated rings. The highest BCUT2D eigenvalue weighted by atomic mass is 16.2. The van der Waals surface area contributed by atoms with Gasteiger partial charge in [-0.05, 0) is 30.4 Å². The number of amides is 2. The van der Waals surface area contributed by atoms with E-state index >= 15 is 0 Å². The van der Waals surface area contributed by atoms with E-state index in [4.69, 9.17) is 0 Å². The Morgan fingerprint density at radius 2 is 2.00 bits per heavy atom. The van der Waals surface area contributed by atoms with Gasteiger partial charge in [0.2, 0.25) is 11.8 Å². The average Bonchev–Trinajstić information content (AvgIpc) is 2.93. The van der Waals surface area contributed by atoms with E-state index < -0.39 is 6.04 Å². The number of carbonyl (C=O) groups is 2. The fourth-order valence-corrected chi connectivity index (χ4v) is 2.83. The van der Waals surface area contributed by atoms with Crippen molar-refractivity contribution in [1.82, 2.24) is 5.32 Å². The Morgan fingerprint density at radius 3 is 2.68 bits per heavy atom. The van der Waals surface area contributed by atoms with Crippen LogP contribution >= 0.6 is 0 Å². The minimum atomic E-state index is -0.449. The summed E-state index contributed by atoms with van der Waals surface area (Å²) in [5, 5.41) is 2.93. The van der Waals surface area contributed by atoms with Gasteiger partial charge in [0, 0.05) is 18.7 Å². The number of hydrogen-bond donors (Lipinski definition) is 1. The molecular weight excluding hydrogens is 276 g/mol. The number of nitrogens with zero attached hydrogens (tertiary/aromatic N) is 1. The Hall–Kier alpha value is -1.84. The first-order valence-corrected chi connectivity index (χ1v) is 8.23. The van der Waals surface area contributed by atoms with Gasteiger partial charge in [-0.2, -0.15) is 0 Å². The molecule has 1 aromatic carbocycles. The highest BCUT2D eigenvalue weighted by molar-refractivity contribution is 6.00. The molecule has 0 radical (unpaired) electrons. The first kappa shape index (κ1) is 16.5. The molecule has 0 bridgehead atoms. The van der Waals surface area contributed by atoms with Gasteiger partial charge in [0.15, 0.2) is 0 Å². The molecule has 0 unspecified atom stereocenters. The summed E-state index contributed by atoms with van der Waals surface area (Å²) >= 11 is 0. The molecule has 1 aromatic rings. The molecule has 1 aliphatic rings. The number of benzene rings is 1. The van der Waals surface area contributed by atoms with Gasteiger partial charge in [-0.15, -0.1) is 0 Å². The zero-order chi connectivity index (χ0) is 16.1. The smallest absolute Gasteiger partial charge is 0.249 e. The number of carbonyl (C=O) groups excluding carboxylic acids is 2. The lowest BCUT2D eigenvalue weighted by molar-refractivity contribution is -0.128. The molecule has 0 saturated heterocycles. The summed E-state index contributed by atoms with van der Waals surface area (Å²) in [6.07, 6.45) is 3.21. The maximum absolute atomic E-state index is 12.9. The van der Waals surface area contributed by atoms with Crippen LogP contribution in [0.1, 0.15) is 45.6 Å². The third-order valence-electron chi connectivity index (χ3n) is 4.16. The first-order chi connectivity index (χ1) is 10.5. The zero-order valence-electron chi connectivity index (χ0n) is 13.8. The molecular formula is C18H26N2O2. The van der Waals surface area contributed by atoms with Crippen LogP contribution in [0.25, 0.3) is 0 Å². The number of anilines is 1. The van der Waals surface area contributed by atoms with Gasteiger partial charge >= 0.3 is 0 Å². The van der Waals surface area contributed by atoms with Crippen molar-refractivity contribution in [2.75, 3.05) is 11.4 Å². The van der Waals surface area contributed by atoms with E-state index in [0.717, 1.165) is 24.9 Å². The molecule has 0 aliphatic carbocycles. The van der Waals surface area contributed by atoms with E-state index in [9.17, 15) is 9.59 Å². The number of para-hydroxylation sites is 1. The Balaban J connectivity index is 2.09. The topological polar surface area (TPSA) is 49.4 Å². The number of fused-ring (bicyclic) bond motifs is 1. The van der Waals surface area contributed by atoms with Gasteiger partial charge in [-0.3, -0.25) is 9.59 Å². The van der Waals surface area contributed by atoms with E-state index in [2.05, 4.69) is 18.3 Å². The lowest BCUT2D eigenvalue weighted by Gasteiger charge is -2.27. The minimum absolute atomic E-state index is 0.00444. The summed E-state index contributed by atoms with van der Waals surface area (Å²) in [6.45, 7) is 6.71. The second kappa shape index (κ2) is 7.43. The summed E-state index contributed by atoms with van der Waals surface area (Å²) in [7, 11) is 0. The third-order valence-corrected chi connectivity index (χ3v) is 4.16. The van der Waals surface area contributed by atoms with Gasteiger partial charge in [0.05, 0.1) is 0 Å². The molecule has 1 N–H and O–H groups in total. The summed E-state index contributed by atoms with van der Waals surface area (Å²) in [5.41, 5.74) is 2.19. The summed E-state index contributed by atoms with van der Waals surface area (Å²) in [6, 6.07) is 7.55. The second-order valence-electron chi connectivity index (χ2n) is 6.26. The normalized spacial score (nSPS) is 14.8. The first-order valence-electron chi connectivity index (χ1n) is 8.23. The SMILES string of the molecule is CCCCC(=O)N[C@H](C(=O)N1CCc2ccccc21)C(C)C. The monoisotopic (exact) mass is 302 g/mol. The average molecular weight is 302 g/mol. The predicted octanol–water partition coefficient (Wildman–Crippen LogP) is 2.91. The standard InChI is InChI=1S/C18H26N2O2/c1-4-5-10-16(21)19-17(13(2)3)18(22)20-12-11-14-8-6-7-9-15(14)20/h6-9,13,17H,4-5,10-12H2,1-3H3,(H,19,21)/t17-/m0/s1. The Labute approximate surface area is 132 Å². The number of rotatable bonds is 6. The quantitative estimate of drug-likeness (QED) is 0.878. The summed E-state index contributed by atoms with van der Waals surface area (Å²) in [5.74, 6) is 0.0528. The molecule has 0 saturated carbocycles. The van der Waals surface area contributed by atoms with Gasteiger partial charge in [0.1, 0.15) is 6.04 Å². The molecule has 1 atom stereocenters. The van der Waals surface area contributed by atoms with Crippen LogP contribution in [0.15, 0.2) is 24.3 Å². The zero-order valence-corrected chi connectivity index (χ0v) is 13.8. The molecule has 4 heteroatoms. The van der Waals surface area contributed by atoms with E-state index in [0.29, 0.717) is 13.0 Å². The fourth-order valence-electron chi connectivity index (χ4n) is 2.83. The molecule has 2 rings (SSSR count).